The zero-order valence-electron chi connectivity index (χ0n) is 14.3. The fourth-order valence-corrected chi connectivity index (χ4v) is 2.83. The number of nitrogens with zero attached hydrogens (tertiary/aromatic N) is 3. The normalized spacial score (nSPS) is 23.1. The molecule has 5 nitrogen and oxygen atoms in total. The molecule has 1 aliphatic rings. The van der Waals surface area contributed by atoms with Gasteiger partial charge in [-0.3, -0.25) is 4.90 Å². The molecule has 2 heterocycles. The van der Waals surface area contributed by atoms with Gasteiger partial charge in [-0.05, 0) is 12.5 Å². The monoisotopic (exact) mass is 315 g/mol. The summed E-state index contributed by atoms with van der Waals surface area (Å²) in [6, 6.07) is 10.4. The Morgan fingerprint density at radius 1 is 1.17 bits per heavy atom. The first-order valence-corrected chi connectivity index (χ1v) is 8.17. The number of benzene rings is 1. The van der Waals surface area contributed by atoms with E-state index in [4.69, 9.17) is 9.26 Å². The van der Waals surface area contributed by atoms with Gasteiger partial charge in [-0.15, -0.1) is 0 Å². The summed E-state index contributed by atoms with van der Waals surface area (Å²) < 4.78 is 11.5. The van der Waals surface area contributed by atoms with Crippen LogP contribution in [-0.2, 0) is 16.7 Å². The molecule has 1 aromatic heterocycles. The SMILES string of the molecule is C[C@H]1CN(Cc2nc(C(C)(C)C)no2)C[C@@H](c2ccccc2)O1. The van der Waals surface area contributed by atoms with Crippen LogP contribution in [0.3, 0.4) is 0 Å². The molecule has 1 saturated heterocycles. The van der Waals surface area contributed by atoms with Gasteiger partial charge in [-0.1, -0.05) is 56.3 Å². The second kappa shape index (κ2) is 6.42. The summed E-state index contributed by atoms with van der Waals surface area (Å²) in [6.45, 7) is 10.7. The van der Waals surface area contributed by atoms with Crippen molar-refractivity contribution in [2.24, 2.45) is 0 Å². The molecule has 2 aromatic rings. The van der Waals surface area contributed by atoms with Gasteiger partial charge in [-0.25, -0.2) is 0 Å². The molecule has 1 aromatic carbocycles. The number of aromatic nitrogens is 2. The summed E-state index contributed by atoms with van der Waals surface area (Å²) in [7, 11) is 0. The fourth-order valence-electron chi connectivity index (χ4n) is 2.83. The molecule has 5 heteroatoms. The average Bonchev–Trinajstić information content (AvgIpc) is 2.96. The molecule has 0 aliphatic carbocycles. The first kappa shape index (κ1) is 16.1. The van der Waals surface area contributed by atoms with Gasteiger partial charge in [0, 0.05) is 18.5 Å². The lowest BCUT2D eigenvalue weighted by atomic mass is 9.96. The van der Waals surface area contributed by atoms with E-state index in [-0.39, 0.29) is 17.6 Å². The summed E-state index contributed by atoms with van der Waals surface area (Å²) in [5.41, 5.74) is 1.12. The van der Waals surface area contributed by atoms with Crippen molar-refractivity contribution in [1.29, 1.82) is 0 Å². The van der Waals surface area contributed by atoms with E-state index in [2.05, 4.69) is 67.0 Å². The van der Waals surface area contributed by atoms with Gasteiger partial charge in [-0.2, -0.15) is 4.98 Å². The third kappa shape index (κ3) is 3.98. The van der Waals surface area contributed by atoms with Crippen LogP contribution in [0.2, 0.25) is 0 Å². The minimum absolute atomic E-state index is 0.0879. The minimum Gasteiger partial charge on any atom is -0.368 e. The molecule has 1 fully saturated rings. The van der Waals surface area contributed by atoms with Crippen LogP contribution in [0.1, 0.15) is 51.1 Å². The Morgan fingerprint density at radius 3 is 2.57 bits per heavy atom. The molecule has 0 spiro atoms. The Balaban J connectivity index is 1.69. The van der Waals surface area contributed by atoms with Crippen LogP contribution in [0.4, 0.5) is 0 Å². The van der Waals surface area contributed by atoms with E-state index in [9.17, 15) is 0 Å². The van der Waals surface area contributed by atoms with Crippen LogP contribution in [0, 0.1) is 0 Å². The highest BCUT2D eigenvalue weighted by Crippen LogP contribution is 2.26. The van der Waals surface area contributed by atoms with Crippen molar-refractivity contribution < 1.29 is 9.26 Å². The second-order valence-electron chi connectivity index (χ2n) is 7.30. The van der Waals surface area contributed by atoms with E-state index < -0.39 is 0 Å². The predicted octanol–water partition coefficient (Wildman–Crippen LogP) is 3.33. The summed E-state index contributed by atoms with van der Waals surface area (Å²) in [5.74, 6) is 1.43. The minimum atomic E-state index is -0.0906. The lowest BCUT2D eigenvalue weighted by Gasteiger charge is -2.36. The molecule has 2 atom stereocenters. The molecule has 124 valence electrons. The predicted molar refractivity (Wildman–Crippen MR) is 88.0 cm³/mol. The van der Waals surface area contributed by atoms with E-state index >= 15 is 0 Å². The van der Waals surface area contributed by atoms with Gasteiger partial charge < -0.3 is 9.26 Å². The van der Waals surface area contributed by atoms with E-state index in [1.165, 1.54) is 5.56 Å². The molecular weight excluding hydrogens is 290 g/mol. The van der Waals surface area contributed by atoms with Gasteiger partial charge >= 0.3 is 0 Å². The Labute approximate surface area is 137 Å². The summed E-state index contributed by atoms with van der Waals surface area (Å²) in [4.78, 5) is 6.86. The zero-order chi connectivity index (χ0) is 16.4. The van der Waals surface area contributed by atoms with Crippen LogP contribution in [-0.4, -0.2) is 34.2 Å². The Bertz CT molecular complexity index is 633. The highest BCUT2D eigenvalue weighted by Gasteiger charge is 2.28. The maximum atomic E-state index is 6.09. The van der Waals surface area contributed by atoms with Crippen molar-refractivity contribution in [3.05, 3.63) is 47.6 Å². The molecule has 0 radical (unpaired) electrons. The van der Waals surface area contributed by atoms with Gasteiger partial charge in [0.05, 0.1) is 18.8 Å². The van der Waals surface area contributed by atoms with Crippen molar-refractivity contribution in [3.63, 3.8) is 0 Å². The average molecular weight is 315 g/mol. The van der Waals surface area contributed by atoms with Crippen molar-refractivity contribution in [2.75, 3.05) is 13.1 Å². The molecule has 1 aliphatic heterocycles. The zero-order valence-corrected chi connectivity index (χ0v) is 14.3. The maximum absolute atomic E-state index is 6.09. The van der Waals surface area contributed by atoms with Crippen LogP contribution in [0.5, 0.6) is 0 Å². The molecule has 0 unspecified atom stereocenters. The van der Waals surface area contributed by atoms with Crippen LogP contribution in [0.25, 0.3) is 0 Å². The largest absolute Gasteiger partial charge is 0.368 e. The van der Waals surface area contributed by atoms with Crippen LogP contribution >= 0.6 is 0 Å². The van der Waals surface area contributed by atoms with Crippen molar-refractivity contribution >= 4 is 0 Å². The maximum Gasteiger partial charge on any atom is 0.240 e. The quantitative estimate of drug-likeness (QED) is 0.869. The van der Waals surface area contributed by atoms with Crippen molar-refractivity contribution in [1.82, 2.24) is 15.0 Å². The number of rotatable bonds is 3. The number of hydrogen-bond donors (Lipinski definition) is 0. The first-order valence-electron chi connectivity index (χ1n) is 8.17. The first-order chi connectivity index (χ1) is 10.9. The third-order valence-corrected chi connectivity index (χ3v) is 4.01. The van der Waals surface area contributed by atoms with Crippen molar-refractivity contribution in [2.45, 2.75) is 51.9 Å². The molecule has 0 saturated carbocycles. The van der Waals surface area contributed by atoms with E-state index in [1.54, 1.807) is 0 Å². The summed E-state index contributed by atoms with van der Waals surface area (Å²) in [6.07, 6.45) is 0.268. The number of hydrogen-bond acceptors (Lipinski definition) is 5. The lowest BCUT2D eigenvalue weighted by Crippen LogP contribution is -2.42. The third-order valence-electron chi connectivity index (χ3n) is 4.01. The number of morpholine rings is 1. The Morgan fingerprint density at radius 2 is 1.91 bits per heavy atom. The molecular formula is C18H25N3O2. The smallest absolute Gasteiger partial charge is 0.240 e. The Kier molecular flexibility index (Phi) is 4.50. The molecule has 23 heavy (non-hydrogen) atoms. The van der Waals surface area contributed by atoms with E-state index in [0.717, 1.165) is 18.9 Å². The van der Waals surface area contributed by atoms with Gasteiger partial charge in [0.2, 0.25) is 5.89 Å². The standard InChI is InChI=1S/C18H25N3O2/c1-13-10-21(11-15(22-13)14-8-6-5-7-9-14)12-16-19-17(20-23-16)18(2,3)4/h5-9,13,15H,10-12H2,1-4H3/t13-,15-/m0/s1. The lowest BCUT2D eigenvalue weighted by molar-refractivity contribution is -0.0832. The van der Waals surface area contributed by atoms with Gasteiger partial charge in [0.1, 0.15) is 0 Å². The van der Waals surface area contributed by atoms with Crippen LogP contribution in [0.15, 0.2) is 34.9 Å². The van der Waals surface area contributed by atoms with E-state index in [1.807, 2.05) is 6.07 Å². The molecule has 0 bridgehead atoms. The molecule has 3 rings (SSSR count). The Hall–Kier alpha value is -1.72. The second-order valence-corrected chi connectivity index (χ2v) is 7.30. The summed E-state index contributed by atoms with van der Waals surface area (Å²) >= 11 is 0. The van der Waals surface area contributed by atoms with E-state index in [0.29, 0.717) is 12.4 Å². The topological polar surface area (TPSA) is 51.4 Å². The number of ether oxygens (including phenoxy) is 1. The van der Waals surface area contributed by atoms with Gasteiger partial charge in [0.15, 0.2) is 5.82 Å². The fraction of sp³-hybridized carbons (Fsp3) is 0.556. The highest BCUT2D eigenvalue weighted by molar-refractivity contribution is 5.18. The van der Waals surface area contributed by atoms with Crippen molar-refractivity contribution in [3.8, 4) is 0 Å². The highest BCUT2D eigenvalue weighted by atomic mass is 16.5. The van der Waals surface area contributed by atoms with Gasteiger partial charge in [0.25, 0.3) is 0 Å². The summed E-state index contributed by atoms with van der Waals surface area (Å²) in [5, 5.41) is 4.11. The van der Waals surface area contributed by atoms with Crippen LogP contribution < -0.4 is 0 Å². The molecule has 0 N–H and O–H groups in total. The molecule has 0 amide bonds.